The molecular weight excluding hydrogens is 228 g/mol. The van der Waals surface area contributed by atoms with Crippen molar-refractivity contribution >= 4 is 5.97 Å². The maximum Gasteiger partial charge on any atom is 0.310 e. The normalized spacial score (nSPS) is 25.1. The first-order chi connectivity index (χ1) is 8.52. The maximum atomic E-state index is 11.3. The van der Waals surface area contributed by atoms with Crippen molar-refractivity contribution in [2.45, 2.75) is 32.1 Å². The minimum atomic E-state index is -0.594. The summed E-state index contributed by atoms with van der Waals surface area (Å²) in [5.74, 6) is 0.154. The SMILES string of the molecule is CN1CCC(CN(C)CC2(C(=O)O)CCC2)CC1. The second-order valence-electron chi connectivity index (χ2n) is 6.38. The van der Waals surface area contributed by atoms with Crippen LogP contribution in [-0.4, -0.2) is 61.2 Å². The number of piperidine rings is 1. The summed E-state index contributed by atoms with van der Waals surface area (Å²) in [7, 11) is 4.26. The fourth-order valence-corrected chi connectivity index (χ4v) is 3.31. The molecule has 0 bridgehead atoms. The average molecular weight is 254 g/mol. The van der Waals surface area contributed by atoms with Crippen LogP contribution in [0.3, 0.4) is 0 Å². The van der Waals surface area contributed by atoms with E-state index in [1.807, 2.05) is 0 Å². The highest BCUT2D eigenvalue weighted by molar-refractivity contribution is 5.76. The Bertz CT molecular complexity index is 294. The van der Waals surface area contributed by atoms with E-state index in [9.17, 15) is 9.90 Å². The van der Waals surface area contributed by atoms with E-state index in [1.54, 1.807) is 0 Å². The molecule has 0 radical (unpaired) electrons. The molecule has 1 heterocycles. The predicted molar refractivity (Wildman–Crippen MR) is 71.6 cm³/mol. The van der Waals surface area contributed by atoms with Gasteiger partial charge in [-0.2, -0.15) is 0 Å². The molecule has 0 aromatic rings. The molecule has 2 rings (SSSR count). The van der Waals surface area contributed by atoms with Crippen molar-refractivity contribution in [2.24, 2.45) is 11.3 Å². The number of hydrogen-bond acceptors (Lipinski definition) is 3. The molecule has 0 atom stereocenters. The average Bonchev–Trinajstić information content (AvgIpc) is 2.26. The van der Waals surface area contributed by atoms with Crippen LogP contribution in [0.5, 0.6) is 0 Å². The van der Waals surface area contributed by atoms with Crippen molar-refractivity contribution in [2.75, 3.05) is 40.3 Å². The predicted octanol–water partition coefficient (Wildman–Crippen LogP) is 1.51. The van der Waals surface area contributed by atoms with E-state index in [0.29, 0.717) is 0 Å². The molecule has 4 heteroatoms. The van der Waals surface area contributed by atoms with Crippen LogP contribution in [-0.2, 0) is 4.79 Å². The van der Waals surface area contributed by atoms with E-state index in [0.717, 1.165) is 38.3 Å². The number of carboxylic acids is 1. The first-order valence-electron chi connectivity index (χ1n) is 7.12. The number of carboxylic acid groups (broad SMARTS) is 1. The number of rotatable bonds is 5. The Hall–Kier alpha value is -0.610. The molecular formula is C14H26N2O2. The van der Waals surface area contributed by atoms with Crippen LogP contribution in [0.4, 0.5) is 0 Å². The van der Waals surface area contributed by atoms with Gasteiger partial charge in [0.2, 0.25) is 0 Å². The van der Waals surface area contributed by atoms with Gasteiger partial charge in [-0.15, -0.1) is 0 Å². The summed E-state index contributed by atoms with van der Waals surface area (Å²) in [5.41, 5.74) is -0.430. The highest BCUT2D eigenvalue weighted by atomic mass is 16.4. The van der Waals surface area contributed by atoms with Crippen molar-refractivity contribution in [1.82, 2.24) is 9.80 Å². The fourth-order valence-electron chi connectivity index (χ4n) is 3.31. The summed E-state index contributed by atoms with van der Waals surface area (Å²) in [4.78, 5) is 16.0. The lowest BCUT2D eigenvalue weighted by atomic mass is 9.68. The van der Waals surface area contributed by atoms with Gasteiger partial charge < -0.3 is 14.9 Å². The van der Waals surface area contributed by atoms with Gasteiger partial charge in [0.05, 0.1) is 5.41 Å². The van der Waals surface area contributed by atoms with Gasteiger partial charge in [0.1, 0.15) is 0 Å². The topological polar surface area (TPSA) is 43.8 Å². The summed E-state index contributed by atoms with van der Waals surface area (Å²) in [5, 5.41) is 9.34. The van der Waals surface area contributed by atoms with Crippen LogP contribution < -0.4 is 0 Å². The molecule has 1 saturated carbocycles. The number of hydrogen-bond donors (Lipinski definition) is 1. The third kappa shape index (κ3) is 3.04. The molecule has 0 aromatic carbocycles. The summed E-state index contributed by atoms with van der Waals surface area (Å²) < 4.78 is 0. The number of nitrogens with zero attached hydrogens (tertiary/aromatic N) is 2. The standard InChI is InChI=1S/C14H26N2O2/c1-15-8-4-12(5-9-15)10-16(2)11-14(13(17)18)6-3-7-14/h12H,3-11H2,1-2H3,(H,17,18). The molecule has 0 aromatic heterocycles. The molecule has 1 N–H and O–H groups in total. The zero-order valence-electron chi connectivity index (χ0n) is 11.7. The van der Waals surface area contributed by atoms with Crippen molar-refractivity contribution in [3.8, 4) is 0 Å². The molecule has 4 nitrogen and oxygen atoms in total. The summed E-state index contributed by atoms with van der Waals surface area (Å²) in [6.45, 7) is 4.16. The van der Waals surface area contributed by atoms with Gasteiger partial charge in [0.15, 0.2) is 0 Å². The third-order valence-corrected chi connectivity index (χ3v) is 4.74. The quantitative estimate of drug-likeness (QED) is 0.808. The zero-order valence-corrected chi connectivity index (χ0v) is 11.7. The second-order valence-corrected chi connectivity index (χ2v) is 6.38. The minimum absolute atomic E-state index is 0.430. The van der Waals surface area contributed by atoms with Crippen LogP contribution in [0.25, 0.3) is 0 Å². The van der Waals surface area contributed by atoms with Gasteiger partial charge in [0.25, 0.3) is 0 Å². The molecule has 1 saturated heterocycles. The number of likely N-dealkylation sites (tertiary alicyclic amines) is 1. The number of aliphatic carboxylic acids is 1. The Balaban J connectivity index is 1.78. The summed E-state index contributed by atoms with van der Waals surface area (Å²) in [6.07, 6.45) is 5.30. The minimum Gasteiger partial charge on any atom is -0.481 e. The van der Waals surface area contributed by atoms with Crippen LogP contribution in [0.15, 0.2) is 0 Å². The third-order valence-electron chi connectivity index (χ3n) is 4.74. The van der Waals surface area contributed by atoms with E-state index in [2.05, 4.69) is 23.9 Å². The van der Waals surface area contributed by atoms with E-state index < -0.39 is 11.4 Å². The van der Waals surface area contributed by atoms with Crippen LogP contribution in [0, 0.1) is 11.3 Å². The number of carbonyl (C=O) groups is 1. The van der Waals surface area contributed by atoms with Gasteiger partial charge >= 0.3 is 5.97 Å². The Morgan fingerprint density at radius 1 is 1.39 bits per heavy atom. The summed E-state index contributed by atoms with van der Waals surface area (Å²) >= 11 is 0. The van der Waals surface area contributed by atoms with Crippen molar-refractivity contribution < 1.29 is 9.90 Å². The van der Waals surface area contributed by atoms with E-state index >= 15 is 0 Å². The van der Waals surface area contributed by atoms with Crippen LogP contribution >= 0.6 is 0 Å². The highest BCUT2D eigenvalue weighted by Crippen LogP contribution is 2.41. The molecule has 18 heavy (non-hydrogen) atoms. The van der Waals surface area contributed by atoms with E-state index in [-0.39, 0.29) is 0 Å². The van der Waals surface area contributed by atoms with E-state index in [4.69, 9.17) is 0 Å². The molecule has 1 aliphatic carbocycles. The Kier molecular flexibility index (Phi) is 4.28. The highest BCUT2D eigenvalue weighted by Gasteiger charge is 2.45. The first kappa shape index (κ1) is 13.8. The summed E-state index contributed by atoms with van der Waals surface area (Å²) in [6, 6.07) is 0. The molecule has 104 valence electrons. The van der Waals surface area contributed by atoms with Crippen LogP contribution in [0.1, 0.15) is 32.1 Å². The molecule has 1 aliphatic heterocycles. The molecule has 2 fully saturated rings. The lowest BCUT2D eigenvalue weighted by molar-refractivity contribution is -0.156. The molecule has 0 spiro atoms. The van der Waals surface area contributed by atoms with Crippen molar-refractivity contribution in [3.05, 3.63) is 0 Å². The van der Waals surface area contributed by atoms with Gasteiger partial charge in [-0.25, -0.2) is 0 Å². The zero-order chi connectivity index (χ0) is 13.2. The van der Waals surface area contributed by atoms with Gasteiger partial charge in [-0.1, -0.05) is 6.42 Å². The molecule has 0 unspecified atom stereocenters. The Morgan fingerprint density at radius 3 is 2.44 bits per heavy atom. The van der Waals surface area contributed by atoms with Gasteiger partial charge in [0, 0.05) is 13.1 Å². The monoisotopic (exact) mass is 254 g/mol. The Morgan fingerprint density at radius 2 is 2.00 bits per heavy atom. The molecule has 2 aliphatic rings. The largest absolute Gasteiger partial charge is 0.481 e. The smallest absolute Gasteiger partial charge is 0.310 e. The van der Waals surface area contributed by atoms with Crippen molar-refractivity contribution in [1.29, 1.82) is 0 Å². The fraction of sp³-hybridized carbons (Fsp3) is 0.929. The van der Waals surface area contributed by atoms with E-state index in [1.165, 1.54) is 25.9 Å². The Labute approximate surface area is 110 Å². The second kappa shape index (κ2) is 5.57. The van der Waals surface area contributed by atoms with Crippen LogP contribution in [0.2, 0.25) is 0 Å². The van der Waals surface area contributed by atoms with Gasteiger partial charge in [-0.3, -0.25) is 4.79 Å². The molecule has 0 amide bonds. The first-order valence-corrected chi connectivity index (χ1v) is 7.12. The maximum absolute atomic E-state index is 11.3. The lowest BCUT2D eigenvalue weighted by Gasteiger charge is -2.41. The lowest BCUT2D eigenvalue weighted by Crippen LogP contribution is -2.48. The van der Waals surface area contributed by atoms with Crippen molar-refractivity contribution in [3.63, 3.8) is 0 Å². The van der Waals surface area contributed by atoms with Gasteiger partial charge in [-0.05, 0) is 58.8 Å².